The summed E-state index contributed by atoms with van der Waals surface area (Å²) in [7, 11) is 3.09. The smallest absolute Gasteiger partial charge is 0.286 e. The van der Waals surface area contributed by atoms with Crippen molar-refractivity contribution in [2.45, 2.75) is 65.2 Å². The van der Waals surface area contributed by atoms with E-state index >= 15 is 0 Å². The SMILES string of the molecule is COc1ccc(O)c(C(c2c(O)ccc(OC)c2C(C)(C)C)c2c[n+](=O)c3cc(C)ccc3n2[O-])c1C(C)(C)C. The van der Waals surface area contributed by atoms with E-state index in [1.807, 2.05) is 48.5 Å². The number of hydrogen-bond acceptors (Lipinski definition) is 6. The lowest BCUT2D eigenvalue weighted by Gasteiger charge is -2.35. The van der Waals surface area contributed by atoms with Crippen LogP contribution >= 0.6 is 0 Å². The molecule has 0 saturated heterocycles. The van der Waals surface area contributed by atoms with Crippen LogP contribution in [-0.4, -0.2) is 29.2 Å². The average Bonchev–Trinajstić information content (AvgIpc) is 2.87. The number of aryl methyl sites for hydroxylation is 1. The number of aromatic hydroxyl groups is 2. The molecule has 0 radical (unpaired) electrons. The number of ether oxygens (including phenoxy) is 2. The number of aromatic nitrogens is 2. The highest BCUT2D eigenvalue weighted by atomic mass is 16.5. The van der Waals surface area contributed by atoms with E-state index in [2.05, 4.69) is 0 Å². The normalized spacial score (nSPS) is 12.2. The highest BCUT2D eigenvalue weighted by molar-refractivity contribution is 5.74. The van der Waals surface area contributed by atoms with Gasteiger partial charge in [0.2, 0.25) is 6.20 Å². The van der Waals surface area contributed by atoms with Crippen LogP contribution in [0.5, 0.6) is 23.0 Å². The van der Waals surface area contributed by atoms with Gasteiger partial charge < -0.3 is 29.6 Å². The molecule has 0 bridgehead atoms. The van der Waals surface area contributed by atoms with E-state index < -0.39 is 16.7 Å². The van der Waals surface area contributed by atoms with Gasteiger partial charge in [0, 0.05) is 33.2 Å². The molecule has 8 nitrogen and oxygen atoms in total. The largest absolute Gasteiger partial charge is 0.805 e. The maximum atomic E-state index is 14.2. The van der Waals surface area contributed by atoms with E-state index in [1.54, 1.807) is 44.6 Å². The van der Waals surface area contributed by atoms with Gasteiger partial charge in [0.1, 0.15) is 28.5 Å². The van der Waals surface area contributed by atoms with E-state index in [-0.39, 0.29) is 28.2 Å². The number of methoxy groups -OCH3 is 2. The molecule has 0 aliphatic heterocycles. The van der Waals surface area contributed by atoms with Gasteiger partial charge in [-0.1, -0.05) is 47.6 Å². The van der Waals surface area contributed by atoms with Gasteiger partial charge in [-0.15, -0.1) is 0 Å². The van der Waals surface area contributed by atoms with Crippen LogP contribution in [0.1, 0.15) is 81.0 Å². The molecule has 212 valence electrons. The Morgan fingerprint density at radius 1 is 0.825 bits per heavy atom. The third-order valence-corrected chi connectivity index (χ3v) is 7.25. The van der Waals surface area contributed by atoms with Gasteiger partial charge in [-0.3, -0.25) is 0 Å². The molecule has 4 aromatic rings. The van der Waals surface area contributed by atoms with E-state index in [0.29, 0.717) is 42.9 Å². The van der Waals surface area contributed by atoms with Crippen molar-refractivity contribution in [3.63, 3.8) is 0 Å². The fourth-order valence-electron chi connectivity index (χ4n) is 5.64. The van der Waals surface area contributed by atoms with Crippen LogP contribution in [0.25, 0.3) is 11.0 Å². The molecule has 0 aliphatic rings. The fourth-order valence-corrected chi connectivity index (χ4v) is 5.64. The number of fused-ring (bicyclic) bond motifs is 1. The zero-order chi connectivity index (χ0) is 29.7. The molecule has 40 heavy (non-hydrogen) atoms. The molecule has 8 heteroatoms. The lowest BCUT2D eigenvalue weighted by atomic mass is 9.72. The van der Waals surface area contributed by atoms with Crippen LogP contribution < -0.4 is 13.9 Å². The number of rotatable bonds is 5. The number of phenolic OH excluding ortho intramolecular Hbond substituents is 2. The van der Waals surface area contributed by atoms with Crippen molar-refractivity contribution in [2.75, 3.05) is 14.2 Å². The predicted octanol–water partition coefficient (Wildman–Crippen LogP) is 6.41. The minimum absolute atomic E-state index is 0.0365. The Balaban J connectivity index is 2.31. The number of phenols is 2. The van der Waals surface area contributed by atoms with Crippen LogP contribution in [0.3, 0.4) is 0 Å². The van der Waals surface area contributed by atoms with Gasteiger partial charge >= 0.3 is 0 Å². The molecule has 0 aliphatic carbocycles. The Labute approximate surface area is 234 Å². The molecule has 0 amide bonds. The molecule has 0 atom stereocenters. The lowest BCUT2D eigenvalue weighted by molar-refractivity contribution is -0.465. The molecule has 2 N–H and O–H groups in total. The summed E-state index contributed by atoms with van der Waals surface area (Å²) in [5.74, 6) is -0.252. The third-order valence-electron chi connectivity index (χ3n) is 7.25. The first-order chi connectivity index (χ1) is 18.6. The summed E-state index contributed by atoms with van der Waals surface area (Å²) in [6.45, 7) is 13.7. The first-order valence-corrected chi connectivity index (χ1v) is 13.2. The zero-order valence-electron chi connectivity index (χ0n) is 24.6. The molecular formula is C32H38N2O6. The summed E-state index contributed by atoms with van der Waals surface area (Å²) in [6, 6.07) is 11.4. The van der Waals surface area contributed by atoms with Crippen molar-refractivity contribution >= 4 is 11.0 Å². The van der Waals surface area contributed by atoms with Crippen molar-refractivity contribution < 1.29 is 24.1 Å². The number of nitrogens with zero attached hydrogens (tertiary/aromatic N) is 2. The maximum Gasteiger partial charge on any atom is 0.286 e. The highest BCUT2D eigenvalue weighted by Gasteiger charge is 2.39. The van der Waals surface area contributed by atoms with Crippen molar-refractivity contribution in [1.82, 2.24) is 4.73 Å². The predicted molar refractivity (Wildman–Crippen MR) is 156 cm³/mol. The van der Waals surface area contributed by atoms with Crippen molar-refractivity contribution in [2.24, 2.45) is 0 Å². The molecule has 0 fully saturated rings. The molecule has 1 aromatic heterocycles. The molecule has 0 saturated carbocycles. The summed E-state index contributed by atoms with van der Waals surface area (Å²) in [6.07, 6.45) is 1.23. The van der Waals surface area contributed by atoms with E-state index in [9.17, 15) is 20.3 Å². The summed E-state index contributed by atoms with van der Waals surface area (Å²) in [5, 5.41) is 37.2. The number of hydrogen-bond donors (Lipinski definition) is 2. The summed E-state index contributed by atoms with van der Waals surface area (Å²) in [5.41, 5.74) is 2.13. The highest BCUT2D eigenvalue weighted by Crippen LogP contribution is 2.52. The van der Waals surface area contributed by atoms with Gasteiger partial charge in [-0.25, -0.2) is 0 Å². The van der Waals surface area contributed by atoms with Gasteiger partial charge in [0.25, 0.3) is 5.52 Å². The lowest BCUT2D eigenvalue weighted by Crippen LogP contribution is -2.27. The van der Waals surface area contributed by atoms with Crippen LogP contribution in [0.15, 0.2) is 48.7 Å². The minimum atomic E-state index is -1.07. The van der Waals surface area contributed by atoms with Gasteiger partial charge in [0.05, 0.1) is 30.3 Å². The van der Waals surface area contributed by atoms with E-state index in [4.69, 9.17) is 9.47 Å². The van der Waals surface area contributed by atoms with Gasteiger partial charge in [0.15, 0.2) is 0 Å². The van der Waals surface area contributed by atoms with Gasteiger partial charge in [-0.05, 0) is 53.6 Å². The standard InChI is InChI=1S/C32H38N2O6/c1-18-10-11-19-20(16-18)33(37)17-21(34(19)38)26(27-22(35)12-14-24(39-8)29(27)31(2,3)4)28-23(36)13-15-25(40-9)30(28)32(5,6)7/h10-17,26,35-36H,1-9H3. The maximum absolute atomic E-state index is 14.2. The Morgan fingerprint density at radius 2 is 1.30 bits per heavy atom. The van der Waals surface area contributed by atoms with Crippen molar-refractivity contribution in [3.05, 3.63) is 92.3 Å². The molecule has 3 aromatic carbocycles. The monoisotopic (exact) mass is 546 g/mol. The number of benzene rings is 3. The second kappa shape index (κ2) is 10.1. The molecule has 4 rings (SSSR count). The van der Waals surface area contributed by atoms with Gasteiger partial charge in [-0.2, -0.15) is 0 Å². The molecule has 0 unspecified atom stereocenters. The molecule has 0 spiro atoms. The summed E-state index contributed by atoms with van der Waals surface area (Å²) >= 11 is 0. The van der Waals surface area contributed by atoms with Crippen LogP contribution in [0.4, 0.5) is 0 Å². The molecule has 1 heterocycles. The Hall–Kier alpha value is -4.20. The van der Waals surface area contributed by atoms with Crippen molar-refractivity contribution in [3.8, 4) is 23.0 Å². The van der Waals surface area contributed by atoms with E-state index in [0.717, 1.165) is 5.56 Å². The summed E-state index contributed by atoms with van der Waals surface area (Å²) < 4.78 is 12.9. The van der Waals surface area contributed by atoms with Crippen LogP contribution in [0.2, 0.25) is 0 Å². The third kappa shape index (κ3) is 4.83. The van der Waals surface area contributed by atoms with Crippen LogP contribution in [-0.2, 0) is 10.8 Å². The Kier molecular flexibility index (Phi) is 7.26. The topological polar surface area (TPSA) is 110 Å². The van der Waals surface area contributed by atoms with Crippen molar-refractivity contribution in [1.29, 1.82) is 0 Å². The Morgan fingerprint density at radius 3 is 1.73 bits per heavy atom. The summed E-state index contributed by atoms with van der Waals surface area (Å²) in [4.78, 5) is 13.4. The quantitative estimate of drug-likeness (QED) is 0.280. The van der Waals surface area contributed by atoms with E-state index in [1.165, 1.54) is 18.3 Å². The average molecular weight is 547 g/mol. The first kappa shape index (κ1) is 28.8. The zero-order valence-corrected chi connectivity index (χ0v) is 24.6. The minimum Gasteiger partial charge on any atom is -0.805 e. The fraction of sp³-hybridized carbons (Fsp3) is 0.375. The van der Waals surface area contributed by atoms with Crippen LogP contribution in [0, 0.1) is 17.0 Å². The second-order valence-electron chi connectivity index (χ2n) is 12.3. The second-order valence-corrected chi connectivity index (χ2v) is 12.3. The Bertz CT molecular complexity index is 1590. The molecular weight excluding hydrogens is 508 g/mol. The first-order valence-electron chi connectivity index (χ1n) is 13.2.